The lowest BCUT2D eigenvalue weighted by Crippen LogP contribution is -2.38. The molecule has 5 heteroatoms. The minimum atomic E-state index is -0.171. The fourth-order valence-corrected chi connectivity index (χ4v) is 2.17. The van der Waals surface area contributed by atoms with Crippen molar-refractivity contribution in [2.24, 2.45) is 0 Å². The fourth-order valence-electron chi connectivity index (χ4n) is 1.37. The third kappa shape index (κ3) is 3.66. The first-order chi connectivity index (χ1) is 7.15. The van der Waals surface area contributed by atoms with Crippen molar-refractivity contribution in [3.63, 3.8) is 0 Å². The van der Waals surface area contributed by atoms with Gasteiger partial charge in [-0.15, -0.1) is 0 Å². The van der Waals surface area contributed by atoms with Crippen molar-refractivity contribution in [3.8, 4) is 0 Å². The molecule has 0 radical (unpaired) electrons. The maximum atomic E-state index is 11.4. The highest BCUT2D eigenvalue weighted by molar-refractivity contribution is 8.13. The first kappa shape index (κ1) is 12.2. The van der Waals surface area contributed by atoms with Crippen LogP contribution in [0.4, 0.5) is 4.79 Å². The van der Waals surface area contributed by atoms with Gasteiger partial charge in [-0.3, -0.25) is 19.3 Å². The molecule has 0 saturated carbocycles. The zero-order valence-electron chi connectivity index (χ0n) is 8.82. The Morgan fingerprint density at radius 2 is 2.20 bits per heavy atom. The van der Waals surface area contributed by atoms with Gasteiger partial charge in [0.2, 0.25) is 5.91 Å². The highest BCUT2D eigenvalue weighted by Crippen LogP contribution is 2.18. The standard InChI is InChI=1S/C10H15NO3S/c1-2-8(12)4-3-6-11-9(13)5-7-15-10(11)14/h2-7H2,1H3. The van der Waals surface area contributed by atoms with Crippen LogP contribution in [0.1, 0.15) is 32.6 Å². The molecule has 1 aliphatic heterocycles. The number of imide groups is 1. The maximum absolute atomic E-state index is 11.4. The number of thioether (sulfide) groups is 1. The van der Waals surface area contributed by atoms with Gasteiger partial charge in [-0.2, -0.15) is 0 Å². The predicted octanol–water partition coefficient (Wildman–Crippen LogP) is 1.83. The van der Waals surface area contributed by atoms with E-state index >= 15 is 0 Å². The number of ketones is 1. The monoisotopic (exact) mass is 229 g/mol. The lowest BCUT2D eigenvalue weighted by Gasteiger charge is -2.23. The number of amides is 2. The van der Waals surface area contributed by atoms with Gasteiger partial charge in [-0.25, -0.2) is 0 Å². The summed E-state index contributed by atoms with van der Waals surface area (Å²) in [6, 6.07) is 0. The van der Waals surface area contributed by atoms with Crippen molar-refractivity contribution >= 4 is 28.7 Å². The minimum absolute atomic E-state index is 0.109. The molecule has 1 rings (SSSR count). The molecule has 0 aromatic rings. The molecule has 0 aromatic heterocycles. The van der Waals surface area contributed by atoms with Gasteiger partial charge in [0.1, 0.15) is 5.78 Å². The minimum Gasteiger partial charge on any atom is -0.300 e. The van der Waals surface area contributed by atoms with E-state index in [0.29, 0.717) is 38.0 Å². The second kappa shape index (κ2) is 5.90. The zero-order chi connectivity index (χ0) is 11.3. The molecule has 4 nitrogen and oxygen atoms in total. The lowest BCUT2D eigenvalue weighted by molar-refractivity contribution is -0.128. The third-order valence-corrected chi connectivity index (χ3v) is 3.17. The molecule has 0 aliphatic carbocycles. The summed E-state index contributed by atoms with van der Waals surface area (Å²) >= 11 is 1.18. The van der Waals surface area contributed by atoms with Gasteiger partial charge in [0, 0.05) is 31.6 Å². The number of nitrogens with zero attached hydrogens (tertiary/aromatic N) is 1. The number of Topliss-reactive ketones (excluding diaryl/α,β-unsaturated/α-hetero) is 1. The van der Waals surface area contributed by atoms with E-state index in [1.807, 2.05) is 6.92 Å². The Morgan fingerprint density at radius 3 is 2.80 bits per heavy atom. The molecule has 2 amide bonds. The second-order valence-electron chi connectivity index (χ2n) is 3.41. The molecule has 84 valence electrons. The van der Waals surface area contributed by atoms with Gasteiger partial charge in [0.25, 0.3) is 5.24 Å². The zero-order valence-corrected chi connectivity index (χ0v) is 9.64. The van der Waals surface area contributed by atoms with E-state index in [0.717, 1.165) is 0 Å². The summed E-state index contributed by atoms with van der Waals surface area (Å²) in [6.45, 7) is 2.20. The summed E-state index contributed by atoms with van der Waals surface area (Å²) in [5.41, 5.74) is 0. The van der Waals surface area contributed by atoms with E-state index in [9.17, 15) is 14.4 Å². The van der Waals surface area contributed by atoms with E-state index in [1.165, 1.54) is 16.7 Å². The quantitative estimate of drug-likeness (QED) is 0.721. The Morgan fingerprint density at radius 1 is 1.47 bits per heavy atom. The molecular formula is C10H15NO3S. The van der Waals surface area contributed by atoms with E-state index in [1.54, 1.807) is 0 Å². The molecule has 1 fully saturated rings. The Bertz CT molecular complexity index is 262. The summed E-state index contributed by atoms with van der Waals surface area (Å²) < 4.78 is 0. The lowest BCUT2D eigenvalue weighted by atomic mass is 10.2. The summed E-state index contributed by atoms with van der Waals surface area (Å²) in [4.78, 5) is 35.0. The third-order valence-electron chi connectivity index (χ3n) is 2.29. The van der Waals surface area contributed by atoms with E-state index in [4.69, 9.17) is 0 Å². The van der Waals surface area contributed by atoms with Crippen LogP contribution >= 0.6 is 11.8 Å². The normalized spacial score (nSPS) is 17.0. The molecule has 0 N–H and O–H groups in total. The SMILES string of the molecule is CCC(=O)CCCN1C(=O)CCSC1=O. The number of carbonyl (C=O) groups excluding carboxylic acids is 3. The molecule has 0 unspecified atom stereocenters. The molecule has 0 aromatic carbocycles. The first-order valence-electron chi connectivity index (χ1n) is 5.14. The molecule has 1 saturated heterocycles. The van der Waals surface area contributed by atoms with Crippen molar-refractivity contribution in [3.05, 3.63) is 0 Å². The summed E-state index contributed by atoms with van der Waals surface area (Å²) in [5.74, 6) is 0.657. The average Bonchev–Trinajstić information content (AvgIpc) is 2.22. The topological polar surface area (TPSA) is 54.5 Å². The van der Waals surface area contributed by atoms with Crippen LogP contribution in [-0.2, 0) is 9.59 Å². The van der Waals surface area contributed by atoms with Crippen molar-refractivity contribution in [2.45, 2.75) is 32.6 Å². The van der Waals surface area contributed by atoms with E-state index in [-0.39, 0.29) is 16.9 Å². The number of hydrogen-bond acceptors (Lipinski definition) is 4. The number of rotatable bonds is 5. The van der Waals surface area contributed by atoms with E-state index in [2.05, 4.69) is 0 Å². The Kier molecular flexibility index (Phi) is 4.81. The Hall–Kier alpha value is -0.840. The number of carbonyl (C=O) groups is 3. The van der Waals surface area contributed by atoms with E-state index < -0.39 is 0 Å². The highest BCUT2D eigenvalue weighted by atomic mass is 32.2. The van der Waals surface area contributed by atoms with Crippen molar-refractivity contribution in [1.29, 1.82) is 0 Å². The average molecular weight is 229 g/mol. The highest BCUT2D eigenvalue weighted by Gasteiger charge is 2.25. The molecule has 0 bridgehead atoms. The predicted molar refractivity (Wildman–Crippen MR) is 58.7 cm³/mol. The van der Waals surface area contributed by atoms with Crippen LogP contribution in [0.25, 0.3) is 0 Å². The molecule has 0 spiro atoms. The Labute approximate surface area is 93.4 Å². The molecule has 1 aliphatic rings. The van der Waals surface area contributed by atoms with Crippen LogP contribution in [0.15, 0.2) is 0 Å². The second-order valence-corrected chi connectivity index (χ2v) is 4.45. The smallest absolute Gasteiger partial charge is 0.288 e. The molecule has 15 heavy (non-hydrogen) atoms. The van der Waals surface area contributed by atoms with Crippen LogP contribution in [0.5, 0.6) is 0 Å². The van der Waals surface area contributed by atoms with Gasteiger partial charge >= 0.3 is 0 Å². The fraction of sp³-hybridized carbons (Fsp3) is 0.700. The van der Waals surface area contributed by atoms with Gasteiger partial charge in [0.05, 0.1) is 0 Å². The van der Waals surface area contributed by atoms with Crippen molar-refractivity contribution in [2.75, 3.05) is 12.3 Å². The largest absolute Gasteiger partial charge is 0.300 e. The molecule has 1 heterocycles. The van der Waals surface area contributed by atoms with Gasteiger partial charge in [0.15, 0.2) is 0 Å². The van der Waals surface area contributed by atoms with Gasteiger partial charge in [-0.05, 0) is 6.42 Å². The summed E-state index contributed by atoms with van der Waals surface area (Å²) in [6.07, 6.45) is 2.00. The number of hydrogen-bond donors (Lipinski definition) is 0. The molecular weight excluding hydrogens is 214 g/mol. The van der Waals surface area contributed by atoms with Crippen LogP contribution in [0.2, 0.25) is 0 Å². The first-order valence-corrected chi connectivity index (χ1v) is 6.12. The van der Waals surface area contributed by atoms with Crippen LogP contribution in [-0.4, -0.2) is 34.1 Å². The summed E-state index contributed by atoms with van der Waals surface area (Å²) in [5, 5.41) is -0.171. The van der Waals surface area contributed by atoms with Gasteiger partial charge < -0.3 is 0 Å². The van der Waals surface area contributed by atoms with Crippen LogP contribution in [0.3, 0.4) is 0 Å². The Balaban J connectivity index is 2.33. The van der Waals surface area contributed by atoms with Crippen LogP contribution < -0.4 is 0 Å². The maximum Gasteiger partial charge on any atom is 0.288 e. The van der Waals surface area contributed by atoms with Gasteiger partial charge in [-0.1, -0.05) is 18.7 Å². The van der Waals surface area contributed by atoms with Crippen molar-refractivity contribution in [1.82, 2.24) is 4.90 Å². The van der Waals surface area contributed by atoms with Crippen molar-refractivity contribution < 1.29 is 14.4 Å². The summed E-state index contributed by atoms with van der Waals surface area (Å²) in [7, 11) is 0. The van der Waals surface area contributed by atoms with Crippen LogP contribution in [0, 0.1) is 0 Å². The molecule has 0 atom stereocenters.